The van der Waals surface area contributed by atoms with Gasteiger partial charge < -0.3 is 40.3 Å². The third-order valence-corrected chi connectivity index (χ3v) is 17.8. The standard InChI is InChI=1S/C73H141NO8/c1-3-5-7-9-11-13-15-17-19-21-23-25-26-27-28-29-30-31-32-33-34-35-36-37-38-39-40-41-43-45-47-49-51-53-55-57-59-61-63-69(77)74-66(65-81-73-72(80)71(79)70(78)68(64-75)82-73)67(76)62-60-58-56-54-52-50-48-46-44-42-24-22-20-18-16-14-12-10-8-6-4-2/h52,54,60,62,66-68,70-73,75-76,78-80H,3-51,53,55-59,61,63-65H2,1-2H3,(H,74,77)/b54-52+,62-60+. The van der Waals surface area contributed by atoms with Crippen molar-refractivity contribution >= 4 is 5.91 Å². The Hall–Kier alpha value is -1.33. The van der Waals surface area contributed by atoms with Crippen molar-refractivity contribution < 1.29 is 39.8 Å². The molecule has 82 heavy (non-hydrogen) atoms. The third-order valence-electron chi connectivity index (χ3n) is 17.8. The second-order valence-electron chi connectivity index (χ2n) is 25.7. The van der Waals surface area contributed by atoms with Crippen molar-refractivity contribution in [3.8, 4) is 0 Å². The minimum atomic E-state index is -1.57. The number of amides is 1. The molecule has 1 saturated heterocycles. The van der Waals surface area contributed by atoms with Crippen LogP contribution in [0.3, 0.4) is 0 Å². The van der Waals surface area contributed by atoms with Gasteiger partial charge in [0.1, 0.15) is 24.4 Å². The van der Waals surface area contributed by atoms with Crippen LogP contribution >= 0.6 is 0 Å². The normalized spacial score (nSPS) is 18.4. The molecule has 0 spiro atoms. The Morgan fingerprint density at radius 3 is 1.02 bits per heavy atom. The highest BCUT2D eigenvalue weighted by Gasteiger charge is 2.44. The maximum Gasteiger partial charge on any atom is 0.220 e. The Kier molecular flexibility index (Phi) is 60.2. The monoisotopic (exact) mass is 1160 g/mol. The summed E-state index contributed by atoms with van der Waals surface area (Å²) in [6, 6.07) is -0.820. The molecule has 486 valence electrons. The topological polar surface area (TPSA) is 149 Å². The SMILES string of the molecule is CCCCCCCCCCCCCCCCC/C=C/CC/C=C/C(O)C(COC1OC(CO)C(O)C(O)C1O)NC(=O)CCCCCCCCCCCCCCCCCCCCCCCCCCCCCCCCCCCCCCCC. The van der Waals surface area contributed by atoms with Gasteiger partial charge in [0.25, 0.3) is 0 Å². The van der Waals surface area contributed by atoms with E-state index in [1.807, 2.05) is 6.08 Å². The van der Waals surface area contributed by atoms with Gasteiger partial charge in [-0.1, -0.05) is 366 Å². The molecule has 1 amide bonds. The lowest BCUT2D eigenvalue weighted by Gasteiger charge is -2.40. The molecule has 1 aliphatic rings. The van der Waals surface area contributed by atoms with E-state index in [0.717, 1.165) is 38.5 Å². The fourth-order valence-corrected chi connectivity index (χ4v) is 12.1. The van der Waals surface area contributed by atoms with E-state index >= 15 is 0 Å². The summed E-state index contributed by atoms with van der Waals surface area (Å²) in [6.45, 7) is 3.82. The second-order valence-corrected chi connectivity index (χ2v) is 25.7. The van der Waals surface area contributed by atoms with Crippen LogP contribution in [0.2, 0.25) is 0 Å². The first-order valence-corrected chi connectivity index (χ1v) is 36.6. The number of carbonyl (C=O) groups is 1. The van der Waals surface area contributed by atoms with Crippen molar-refractivity contribution in [1.29, 1.82) is 0 Å². The Morgan fingerprint density at radius 2 is 0.695 bits per heavy atom. The van der Waals surface area contributed by atoms with E-state index in [2.05, 4.69) is 31.3 Å². The highest BCUT2D eigenvalue weighted by Crippen LogP contribution is 2.24. The molecule has 7 unspecified atom stereocenters. The molecule has 0 aromatic heterocycles. The summed E-state index contributed by atoms with van der Waals surface area (Å²) in [5, 5.41) is 54.7. The van der Waals surface area contributed by atoms with E-state index in [1.165, 1.54) is 321 Å². The zero-order valence-electron chi connectivity index (χ0n) is 54.5. The van der Waals surface area contributed by atoms with Gasteiger partial charge in [-0.05, 0) is 32.1 Å². The first kappa shape index (κ1) is 78.7. The minimum absolute atomic E-state index is 0.178. The van der Waals surface area contributed by atoms with Crippen molar-refractivity contribution in [3.63, 3.8) is 0 Å². The maximum atomic E-state index is 13.1. The molecule has 0 saturated carbocycles. The van der Waals surface area contributed by atoms with Crippen LogP contribution in [-0.4, -0.2) is 87.5 Å². The molecule has 1 heterocycles. The van der Waals surface area contributed by atoms with Crippen LogP contribution < -0.4 is 5.32 Å². The van der Waals surface area contributed by atoms with Gasteiger partial charge in [-0.2, -0.15) is 0 Å². The number of hydrogen-bond donors (Lipinski definition) is 6. The average Bonchev–Trinajstić information content (AvgIpc) is 3.60. The third kappa shape index (κ3) is 50.8. The first-order chi connectivity index (χ1) is 40.3. The lowest BCUT2D eigenvalue weighted by atomic mass is 9.99. The number of carbonyl (C=O) groups excluding carboxylic acids is 1. The van der Waals surface area contributed by atoms with Gasteiger partial charge >= 0.3 is 0 Å². The van der Waals surface area contributed by atoms with Gasteiger partial charge in [-0.3, -0.25) is 4.79 Å². The van der Waals surface area contributed by atoms with Crippen LogP contribution in [0.15, 0.2) is 24.3 Å². The average molecular weight is 1160 g/mol. The number of ether oxygens (including phenoxy) is 2. The molecule has 6 N–H and O–H groups in total. The summed E-state index contributed by atoms with van der Waals surface area (Å²) in [7, 11) is 0. The quantitative estimate of drug-likeness (QED) is 0.0261. The summed E-state index contributed by atoms with van der Waals surface area (Å²) in [5.74, 6) is -0.178. The zero-order valence-corrected chi connectivity index (χ0v) is 54.5. The highest BCUT2D eigenvalue weighted by atomic mass is 16.7. The Bertz CT molecular complexity index is 1340. The number of aliphatic hydroxyl groups is 5. The number of unbranched alkanes of at least 4 members (excludes halogenated alkanes) is 53. The number of allylic oxidation sites excluding steroid dienone is 3. The van der Waals surface area contributed by atoms with Gasteiger partial charge in [0.15, 0.2) is 6.29 Å². The van der Waals surface area contributed by atoms with E-state index in [0.29, 0.717) is 6.42 Å². The molecule has 9 heteroatoms. The van der Waals surface area contributed by atoms with Crippen LogP contribution in [-0.2, 0) is 14.3 Å². The molecule has 7 atom stereocenters. The van der Waals surface area contributed by atoms with Crippen molar-refractivity contribution in [2.75, 3.05) is 13.2 Å². The Labute approximate surface area is 509 Å². The Morgan fingerprint density at radius 1 is 0.402 bits per heavy atom. The molecular formula is C73H141NO8. The molecule has 1 aliphatic heterocycles. The molecule has 0 aromatic carbocycles. The van der Waals surface area contributed by atoms with Gasteiger partial charge in [0.2, 0.25) is 5.91 Å². The highest BCUT2D eigenvalue weighted by molar-refractivity contribution is 5.76. The molecule has 0 bridgehead atoms. The summed E-state index contributed by atoms with van der Waals surface area (Å²) in [5.41, 5.74) is 0. The fraction of sp³-hybridized carbons (Fsp3) is 0.932. The molecule has 1 fully saturated rings. The lowest BCUT2D eigenvalue weighted by molar-refractivity contribution is -0.302. The van der Waals surface area contributed by atoms with Crippen molar-refractivity contribution in [3.05, 3.63) is 24.3 Å². The number of aliphatic hydroxyl groups excluding tert-OH is 5. The van der Waals surface area contributed by atoms with Crippen molar-refractivity contribution in [2.24, 2.45) is 0 Å². The lowest BCUT2D eigenvalue weighted by Crippen LogP contribution is -2.60. The van der Waals surface area contributed by atoms with Crippen LogP contribution in [0.25, 0.3) is 0 Å². The van der Waals surface area contributed by atoms with Crippen molar-refractivity contribution in [1.82, 2.24) is 5.32 Å². The zero-order chi connectivity index (χ0) is 59.3. The molecular weight excluding hydrogens is 1020 g/mol. The molecule has 9 nitrogen and oxygen atoms in total. The van der Waals surface area contributed by atoms with Crippen LogP contribution in [0.5, 0.6) is 0 Å². The first-order valence-electron chi connectivity index (χ1n) is 36.6. The van der Waals surface area contributed by atoms with E-state index in [-0.39, 0.29) is 12.5 Å². The van der Waals surface area contributed by atoms with E-state index in [4.69, 9.17) is 9.47 Å². The molecule has 0 aromatic rings. The van der Waals surface area contributed by atoms with E-state index < -0.39 is 49.5 Å². The van der Waals surface area contributed by atoms with Crippen LogP contribution in [0, 0.1) is 0 Å². The minimum Gasteiger partial charge on any atom is -0.394 e. The fourth-order valence-electron chi connectivity index (χ4n) is 12.1. The maximum absolute atomic E-state index is 13.1. The summed E-state index contributed by atoms with van der Waals surface area (Å²) in [6.07, 6.45) is 76.0. The van der Waals surface area contributed by atoms with Gasteiger partial charge in [-0.25, -0.2) is 0 Å². The number of nitrogens with one attached hydrogen (secondary N) is 1. The summed E-state index contributed by atoms with van der Waals surface area (Å²) < 4.78 is 11.3. The molecule has 0 radical (unpaired) electrons. The summed E-state index contributed by atoms with van der Waals surface area (Å²) in [4.78, 5) is 13.1. The smallest absolute Gasteiger partial charge is 0.220 e. The predicted molar refractivity (Wildman–Crippen MR) is 350 cm³/mol. The Balaban J connectivity index is 2.06. The van der Waals surface area contributed by atoms with Gasteiger partial charge in [-0.15, -0.1) is 0 Å². The van der Waals surface area contributed by atoms with Crippen LogP contribution in [0.1, 0.15) is 380 Å². The van der Waals surface area contributed by atoms with E-state index in [9.17, 15) is 30.3 Å². The van der Waals surface area contributed by atoms with Crippen LogP contribution in [0.4, 0.5) is 0 Å². The van der Waals surface area contributed by atoms with E-state index in [1.54, 1.807) is 6.08 Å². The van der Waals surface area contributed by atoms with Gasteiger partial charge in [0, 0.05) is 6.42 Å². The largest absolute Gasteiger partial charge is 0.394 e. The van der Waals surface area contributed by atoms with Crippen molar-refractivity contribution in [2.45, 2.75) is 423 Å². The summed E-state index contributed by atoms with van der Waals surface area (Å²) >= 11 is 0. The predicted octanol–water partition coefficient (Wildman–Crippen LogP) is 20.0. The number of hydrogen-bond acceptors (Lipinski definition) is 8. The molecule has 0 aliphatic carbocycles. The number of rotatable bonds is 65. The second kappa shape index (κ2) is 62.7. The molecule has 1 rings (SSSR count). The van der Waals surface area contributed by atoms with Gasteiger partial charge in [0.05, 0.1) is 25.4 Å².